The quantitative estimate of drug-likeness (QED) is 0.153. The molecular formula is C18H13N2Na3O11S3. The number of fused-ring (bicyclic) bond motifs is 1. The molecule has 0 unspecified atom stereocenters. The number of hydrogen-bond acceptors (Lipinski definition) is 12. The predicted octanol–water partition coefficient (Wildman–Crippen LogP) is -8.59. The first-order valence-corrected chi connectivity index (χ1v) is 13.0. The average molecular weight is 598 g/mol. The number of rotatable bonds is 6. The van der Waals surface area contributed by atoms with Gasteiger partial charge in [0.25, 0.3) is 5.91 Å². The Kier molecular flexibility index (Phi) is 13.3. The first-order valence-electron chi connectivity index (χ1n) is 8.77. The van der Waals surface area contributed by atoms with Crippen LogP contribution in [0.25, 0.3) is 10.8 Å². The number of nitrogens with one attached hydrogen (secondary N) is 1. The third-order valence-corrected chi connectivity index (χ3v) is 7.15. The first-order chi connectivity index (χ1) is 15.5. The number of carbonyl (C=O) groups is 1. The van der Waals surface area contributed by atoms with Gasteiger partial charge in [0.05, 0.1) is 33.2 Å². The molecule has 37 heavy (non-hydrogen) atoms. The molecule has 19 heteroatoms. The molecule has 0 atom stereocenters. The molecular weight excluding hydrogens is 585 g/mol. The number of ether oxygens (including phenoxy) is 1. The molecule has 0 saturated heterocycles. The maximum Gasteiger partial charge on any atom is 1.00 e. The van der Waals surface area contributed by atoms with Gasteiger partial charge in [0.1, 0.15) is 36.1 Å². The summed E-state index contributed by atoms with van der Waals surface area (Å²) in [4.78, 5) is 8.99. The Bertz CT molecular complexity index is 1680. The maximum absolute atomic E-state index is 12.7. The minimum Gasteiger partial charge on any atom is -0.744 e. The summed E-state index contributed by atoms with van der Waals surface area (Å²) < 4.78 is 110. The van der Waals surface area contributed by atoms with E-state index in [0.717, 1.165) is 6.07 Å². The Morgan fingerprint density at radius 1 is 0.811 bits per heavy atom. The minimum absolute atomic E-state index is 0. The molecule has 0 spiro atoms. The molecule has 0 aliphatic heterocycles. The zero-order valence-electron chi connectivity index (χ0n) is 19.8. The summed E-state index contributed by atoms with van der Waals surface area (Å²) >= 11 is 0. The second-order valence-corrected chi connectivity index (χ2v) is 10.8. The van der Waals surface area contributed by atoms with Crippen molar-refractivity contribution in [3.63, 3.8) is 0 Å². The van der Waals surface area contributed by atoms with Crippen molar-refractivity contribution >= 4 is 58.4 Å². The van der Waals surface area contributed by atoms with Crippen LogP contribution in [0, 0.1) is 0 Å². The molecule has 0 aromatic heterocycles. The Labute approximate surface area is 278 Å². The van der Waals surface area contributed by atoms with Gasteiger partial charge in [-0.3, -0.25) is 4.79 Å². The topological polar surface area (TPSA) is 236 Å². The van der Waals surface area contributed by atoms with E-state index in [9.17, 15) is 43.7 Å². The number of methoxy groups -OCH3 is 1. The molecule has 3 N–H and O–H groups in total. The van der Waals surface area contributed by atoms with Gasteiger partial charge in [-0.15, -0.1) is 0 Å². The van der Waals surface area contributed by atoms with Crippen molar-refractivity contribution in [1.29, 1.82) is 0 Å². The second-order valence-electron chi connectivity index (χ2n) is 6.73. The van der Waals surface area contributed by atoms with Gasteiger partial charge in [0.2, 0.25) is 0 Å². The fraction of sp³-hybridized carbons (Fsp3) is 0.0556. The number of anilines is 2. The van der Waals surface area contributed by atoms with E-state index in [0.29, 0.717) is 12.1 Å². The molecule has 3 rings (SSSR count). The van der Waals surface area contributed by atoms with Gasteiger partial charge in [-0.1, -0.05) is 0 Å². The van der Waals surface area contributed by atoms with E-state index in [4.69, 9.17) is 10.5 Å². The number of benzene rings is 3. The van der Waals surface area contributed by atoms with Crippen LogP contribution in [0.4, 0.5) is 11.4 Å². The van der Waals surface area contributed by atoms with Crippen molar-refractivity contribution in [2.75, 3.05) is 18.2 Å². The standard InChI is InChI=1S/C18H16N2O11S3.3Na/c1-31-14-4-2-9(6-12(14)19)18(21)20-13-3-5-15(33(25,26)27)11-7-10(32(22,23)24)8-16(17(11)13)34(28,29)30;;;/h2-8H,19H2,1H3,(H,20,21)(H,22,23,24)(H,25,26,27)(H,28,29,30);;;/q;3*+1/p-3. The van der Waals surface area contributed by atoms with Gasteiger partial charge in [-0.25, -0.2) is 25.3 Å². The number of hydrogen-bond donors (Lipinski definition) is 2. The molecule has 1 amide bonds. The Morgan fingerprint density at radius 3 is 1.84 bits per heavy atom. The number of nitrogens with two attached hydrogens (primary N) is 1. The van der Waals surface area contributed by atoms with Crippen LogP contribution < -0.4 is 104 Å². The van der Waals surface area contributed by atoms with Crippen LogP contribution in [-0.2, 0) is 30.4 Å². The Morgan fingerprint density at radius 2 is 1.38 bits per heavy atom. The van der Waals surface area contributed by atoms with Crippen molar-refractivity contribution in [2.24, 2.45) is 0 Å². The fourth-order valence-electron chi connectivity index (χ4n) is 3.13. The van der Waals surface area contributed by atoms with E-state index in [2.05, 4.69) is 5.32 Å². The molecule has 0 bridgehead atoms. The van der Waals surface area contributed by atoms with Crippen LogP contribution >= 0.6 is 0 Å². The van der Waals surface area contributed by atoms with Crippen LogP contribution in [0.1, 0.15) is 10.4 Å². The van der Waals surface area contributed by atoms with Crippen LogP contribution in [0.5, 0.6) is 5.75 Å². The SMILES string of the molecule is COc1ccc(C(=O)Nc2ccc(S(=O)(=O)[O-])c3cc(S(=O)(=O)[O-])cc(S(=O)(=O)[O-])c23)cc1N.[Na+].[Na+].[Na+]. The third-order valence-electron chi connectivity index (χ3n) is 4.58. The molecule has 0 fully saturated rings. The number of amides is 1. The predicted molar refractivity (Wildman–Crippen MR) is 113 cm³/mol. The van der Waals surface area contributed by atoms with E-state index in [1.807, 2.05) is 0 Å². The molecule has 0 heterocycles. The molecule has 0 saturated carbocycles. The molecule has 0 radical (unpaired) electrons. The summed E-state index contributed by atoms with van der Waals surface area (Å²) in [6.45, 7) is 0. The van der Waals surface area contributed by atoms with E-state index in [1.54, 1.807) is 0 Å². The monoisotopic (exact) mass is 598 g/mol. The summed E-state index contributed by atoms with van der Waals surface area (Å²) in [7, 11) is -15.0. The van der Waals surface area contributed by atoms with E-state index in [-0.39, 0.29) is 112 Å². The third kappa shape index (κ3) is 8.36. The van der Waals surface area contributed by atoms with E-state index >= 15 is 0 Å². The Balaban J connectivity index is 0.00000432. The van der Waals surface area contributed by atoms with Gasteiger partial charge in [-0.05, 0) is 42.5 Å². The van der Waals surface area contributed by atoms with Crippen molar-refractivity contribution in [3.05, 3.63) is 48.0 Å². The van der Waals surface area contributed by atoms with Crippen molar-refractivity contribution < 1.29 is 137 Å². The molecule has 3 aromatic rings. The van der Waals surface area contributed by atoms with Crippen molar-refractivity contribution in [3.8, 4) is 5.75 Å². The maximum atomic E-state index is 12.7. The van der Waals surface area contributed by atoms with Gasteiger partial charge in [-0.2, -0.15) is 0 Å². The number of nitrogen functional groups attached to an aromatic ring is 1. The van der Waals surface area contributed by atoms with Gasteiger partial charge in [0.15, 0.2) is 0 Å². The van der Waals surface area contributed by atoms with Crippen LogP contribution in [-0.4, -0.2) is 51.9 Å². The average Bonchev–Trinajstić information content (AvgIpc) is 2.70. The Hall–Kier alpha value is -0.280. The fourth-order valence-corrected chi connectivity index (χ4v) is 5.13. The van der Waals surface area contributed by atoms with Crippen molar-refractivity contribution in [2.45, 2.75) is 14.7 Å². The molecule has 3 aromatic carbocycles. The molecule has 0 aliphatic carbocycles. The normalized spacial score (nSPS) is 11.5. The number of carbonyl (C=O) groups excluding carboxylic acids is 1. The first kappa shape index (κ1) is 36.7. The summed E-state index contributed by atoms with van der Waals surface area (Å²) in [5.74, 6) is -0.652. The second kappa shape index (κ2) is 13.4. The van der Waals surface area contributed by atoms with Gasteiger partial charge < -0.3 is 29.4 Å². The zero-order valence-corrected chi connectivity index (χ0v) is 28.3. The van der Waals surface area contributed by atoms with Crippen LogP contribution in [0.15, 0.2) is 57.2 Å². The van der Waals surface area contributed by atoms with E-state index in [1.165, 1.54) is 25.3 Å². The molecule has 182 valence electrons. The smallest absolute Gasteiger partial charge is 0.744 e. The van der Waals surface area contributed by atoms with Crippen LogP contribution in [0.2, 0.25) is 0 Å². The minimum atomic E-state index is -5.55. The molecule has 0 aliphatic rings. The van der Waals surface area contributed by atoms with E-state index < -0.39 is 67.4 Å². The van der Waals surface area contributed by atoms with Gasteiger partial charge >= 0.3 is 88.7 Å². The summed E-state index contributed by atoms with van der Waals surface area (Å²) in [6, 6.07) is 5.99. The van der Waals surface area contributed by atoms with Crippen LogP contribution in [0.3, 0.4) is 0 Å². The van der Waals surface area contributed by atoms with Gasteiger partial charge in [0, 0.05) is 16.3 Å². The molecule has 13 nitrogen and oxygen atoms in total. The van der Waals surface area contributed by atoms with Crippen molar-refractivity contribution in [1.82, 2.24) is 0 Å². The summed E-state index contributed by atoms with van der Waals surface area (Å²) in [5.41, 5.74) is 5.29. The summed E-state index contributed by atoms with van der Waals surface area (Å²) in [6.07, 6.45) is 0. The largest absolute Gasteiger partial charge is 1.00 e. The zero-order chi connectivity index (χ0) is 25.6. The summed E-state index contributed by atoms with van der Waals surface area (Å²) in [5, 5.41) is 0.602.